The van der Waals surface area contributed by atoms with Crippen molar-refractivity contribution in [2.45, 2.75) is 63.6 Å². The van der Waals surface area contributed by atoms with Crippen LogP contribution in [0, 0.1) is 23.6 Å². The molecule has 2 heterocycles. The van der Waals surface area contributed by atoms with Gasteiger partial charge in [-0.2, -0.15) is 0 Å². The molecule has 5 rings (SSSR count). The molecule has 1 aliphatic heterocycles. The van der Waals surface area contributed by atoms with Crippen molar-refractivity contribution in [2.75, 3.05) is 24.6 Å². The van der Waals surface area contributed by atoms with Crippen LogP contribution in [0.25, 0.3) is 0 Å². The molecular formula is C27H33ClF2N4O2. The van der Waals surface area contributed by atoms with Gasteiger partial charge in [-0.15, -0.1) is 0 Å². The second kappa shape index (κ2) is 11.3. The van der Waals surface area contributed by atoms with E-state index >= 15 is 0 Å². The van der Waals surface area contributed by atoms with E-state index in [2.05, 4.69) is 20.2 Å². The van der Waals surface area contributed by atoms with Crippen molar-refractivity contribution in [3.05, 3.63) is 47.0 Å². The number of nitrogens with zero attached hydrogens (tertiary/aromatic N) is 3. The molecule has 36 heavy (non-hydrogen) atoms. The molecule has 2 unspecified atom stereocenters. The van der Waals surface area contributed by atoms with Crippen molar-refractivity contribution in [1.82, 2.24) is 15.3 Å². The number of carbonyl (C=O) groups excluding carboxylic acids is 1. The van der Waals surface area contributed by atoms with Crippen molar-refractivity contribution in [3.63, 3.8) is 0 Å². The molecule has 3 aliphatic rings. The summed E-state index contributed by atoms with van der Waals surface area (Å²) in [6, 6.07) is 4.19. The highest BCUT2D eigenvalue weighted by Crippen LogP contribution is 2.49. The molecule has 194 valence electrons. The fourth-order valence-electron chi connectivity index (χ4n) is 5.77. The van der Waals surface area contributed by atoms with E-state index in [1.165, 1.54) is 12.5 Å². The Labute approximate surface area is 215 Å². The van der Waals surface area contributed by atoms with Gasteiger partial charge in [0.15, 0.2) is 0 Å². The number of aromatic nitrogens is 2. The van der Waals surface area contributed by atoms with Gasteiger partial charge in [-0.3, -0.25) is 4.79 Å². The molecule has 3 fully saturated rings. The summed E-state index contributed by atoms with van der Waals surface area (Å²) in [4.78, 5) is 23.1. The number of amides is 1. The van der Waals surface area contributed by atoms with E-state index in [9.17, 15) is 13.6 Å². The SMILES string of the molecule is O=C(Cc1ccc(OCC[C@@H]2C[C@@H]2C2CCN(c3ncc(Cl)cn3)CC2)cc1F)NC1CCCC1F. The second-order valence-corrected chi connectivity index (χ2v) is 10.8. The highest BCUT2D eigenvalue weighted by Gasteiger charge is 2.43. The average Bonchev–Trinajstić information content (AvgIpc) is 3.54. The van der Waals surface area contributed by atoms with Gasteiger partial charge in [0.05, 0.1) is 36.5 Å². The van der Waals surface area contributed by atoms with Gasteiger partial charge >= 0.3 is 0 Å². The summed E-state index contributed by atoms with van der Waals surface area (Å²) < 4.78 is 34.0. The summed E-state index contributed by atoms with van der Waals surface area (Å²) in [5.41, 5.74) is 0.297. The van der Waals surface area contributed by atoms with Gasteiger partial charge in [0, 0.05) is 19.2 Å². The molecule has 1 N–H and O–H groups in total. The Morgan fingerprint density at radius 3 is 2.64 bits per heavy atom. The summed E-state index contributed by atoms with van der Waals surface area (Å²) in [5, 5.41) is 3.24. The van der Waals surface area contributed by atoms with E-state index in [1.54, 1.807) is 24.5 Å². The molecule has 2 saturated carbocycles. The summed E-state index contributed by atoms with van der Waals surface area (Å²) >= 11 is 5.89. The maximum atomic E-state index is 14.5. The monoisotopic (exact) mass is 518 g/mol. The topological polar surface area (TPSA) is 67.3 Å². The first-order valence-electron chi connectivity index (χ1n) is 13.0. The van der Waals surface area contributed by atoms with Crippen LogP contribution in [0.15, 0.2) is 30.6 Å². The number of rotatable bonds is 9. The lowest BCUT2D eigenvalue weighted by Gasteiger charge is -2.32. The fraction of sp³-hybridized carbons (Fsp3) is 0.593. The first-order valence-corrected chi connectivity index (χ1v) is 13.4. The minimum Gasteiger partial charge on any atom is -0.493 e. The minimum atomic E-state index is -1.00. The maximum absolute atomic E-state index is 14.5. The molecule has 2 aromatic rings. The molecule has 9 heteroatoms. The molecule has 2 aliphatic carbocycles. The third kappa shape index (κ3) is 6.25. The van der Waals surface area contributed by atoms with Crippen LogP contribution in [0.1, 0.15) is 50.5 Å². The van der Waals surface area contributed by atoms with Crippen LogP contribution in [-0.4, -0.2) is 47.8 Å². The number of piperidine rings is 1. The number of hydrogen-bond donors (Lipinski definition) is 1. The van der Waals surface area contributed by atoms with Crippen LogP contribution in [0.5, 0.6) is 5.75 Å². The smallest absolute Gasteiger partial charge is 0.225 e. The van der Waals surface area contributed by atoms with Gasteiger partial charge in [-0.05, 0) is 74.3 Å². The van der Waals surface area contributed by atoms with Crippen LogP contribution < -0.4 is 15.0 Å². The molecule has 1 aromatic carbocycles. The third-order valence-electron chi connectivity index (χ3n) is 7.92. The van der Waals surface area contributed by atoms with Gasteiger partial charge in [0.25, 0.3) is 0 Å². The van der Waals surface area contributed by atoms with Gasteiger partial charge in [0.1, 0.15) is 17.7 Å². The van der Waals surface area contributed by atoms with Gasteiger partial charge in [0.2, 0.25) is 11.9 Å². The molecule has 0 radical (unpaired) electrons. The van der Waals surface area contributed by atoms with Crippen molar-refractivity contribution in [3.8, 4) is 5.75 Å². The Kier molecular flexibility index (Phi) is 7.89. The lowest BCUT2D eigenvalue weighted by molar-refractivity contribution is -0.121. The largest absolute Gasteiger partial charge is 0.493 e. The molecule has 6 nitrogen and oxygen atoms in total. The summed E-state index contributed by atoms with van der Waals surface area (Å²) in [6.07, 6.45) is 8.55. The normalized spacial score (nSPS) is 26.1. The minimum absolute atomic E-state index is 0.0952. The predicted octanol–water partition coefficient (Wildman–Crippen LogP) is 5.14. The number of nitrogens with one attached hydrogen (secondary N) is 1. The van der Waals surface area contributed by atoms with Gasteiger partial charge in [-0.1, -0.05) is 17.7 Å². The highest BCUT2D eigenvalue weighted by atomic mass is 35.5. The van der Waals surface area contributed by atoms with Crippen molar-refractivity contribution in [1.29, 1.82) is 0 Å². The van der Waals surface area contributed by atoms with Crippen molar-refractivity contribution in [2.24, 2.45) is 17.8 Å². The van der Waals surface area contributed by atoms with E-state index in [1.807, 2.05) is 0 Å². The highest BCUT2D eigenvalue weighted by molar-refractivity contribution is 6.30. The van der Waals surface area contributed by atoms with Crippen LogP contribution in [0.4, 0.5) is 14.7 Å². The molecule has 1 saturated heterocycles. The van der Waals surface area contributed by atoms with Gasteiger partial charge in [-0.25, -0.2) is 18.7 Å². The molecule has 1 amide bonds. The summed E-state index contributed by atoms with van der Waals surface area (Å²) in [7, 11) is 0. The molecule has 0 bridgehead atoms. The quantitative estimate of drug-likeness (QED) is 0.498. The lowest BCUT2D eigenvalue weighted by Crippen LogP contribution is -2.39. The number of ether oxygens (including phenoxy) is 1. The summed E-state index contributed by atoms with van der Waals surface area (Å²) in [5.74, 6) is 2.54. The Balaban J connectivity index is 1.01. The van der Waals surface area contributed by atoms with Crippen LogP contribution in [0.2, 0.25) is 5.02 Å². The summed E-state index contributed by atoms with van der Waals surface area (Å²) in [6.45, 7) is 2.48. The maximum Gasteiger partial charge on any atom is 0.225 e. The zero-order valence-electron chi connectivity index (χ0n) is 20.3. The number of alkyl halides is 1. The Hall–Kier alpha value is -2.48. The first kappa shape index (κ1) is 25.2. The van der Waals surface area contributed by atoms with E-state index in [0.29, 0.717) is 41.7 Å². The number of hydrogen-bond acceptors (Lipinski definition) is 5. The van der Waals surface area contributed by atoms with E-state index in [0.717, 1.165) is 56.6 Å². The zero-order valence-corrected chi connectivity index (χ0v) is 21.1. The first-order chi connectivity index (χ1) is 17.5. The Morgan fingerprint density at radius 2 is 1.94 bits per heavy atom. The van der Waals surface area contributed by atoms with Crippen LogP contribution >= 0.6 is 11.6 Å². The Bertz CT molecular complexity index is 1050. The molecular weight excluding hydrogens is 486 g/mol. The van der Waals surface area contributed by atoms with Crippen LogP contribution in [-0.2, 0) is 11.2 Å². The predicted molar refractivity (Wildman–Crippen MR) is 134 cm³/mol. The third-order valence-corrected chi connectivity index (χ3v) is 8.12. The zero-order chi connectivity index (χ0) is 25.1. The van der Waals surface area contributed by atoms with E-state index in [-0.39, 0.29) is 12.3 Å². The van der Waals surface area contributed by atoms with Gasteiger partial charge < -0.3 is 15.0 Å². The molecule has 4 atom stereocenters. The number of carbonyl (C=O) groups is 1. The number of benzene rings is 1. The lowest BCUT2D eigenvalue weighted by atomic mass is 9.90. The van der Waals surface area contributed by atoms with E-state index < -0.39 is 18.0 Å². The molecule has 1 aromatic heterocycles. The van der Waals surface area contributed by atoms with Crippen molar-refractivity contribution >= 4 is 23.5 Å². The Morgan fingerprint density at radius 1 is 1.17 bits per heavy atom. The second-order valence-electron chi connectivity index (χ2n) is 10.4. The van der Waals surface area contributed by atoms with E-state index in [4.69, 9.17) is 16.3 Å². The fourth-order valence-corrected chi connectivity index (χ4v) is 5.87. The van der Waals surface area contributed by atoms with Crippen LogP contribution in [0.3, 0.4) is 0 Å². The standard InChI is InChI=1S/C27H33ClF2N4O2/c28-20-15-31-27(32-16-20)34-9-6-17(7-10-34)22-12-18(22)8-11-36-21-5-4-19(24(30)14-21)13-26(35)33-25-3-1-2-23(25)29/h4-5,14-18,22-23,25H,1-3,6-13H2,(H,33,35)/t18-,22-,23?,25?/m1/s1. The number of anilines is 1. The van der Waals surface area contributed by atoms with Crippen molar-refractivity contribution < 1.29 is 18.3 Å². The number of halogens is 3. The molecule has 0 spiro atoms. The average molecular weight is 519 g/mol.